The number of halogens is 1. The van der Waals surface area contributed by atoms with Crippen LogP contribution < -0.4 is 15.4 Å². The lowest BCUT2D eigenvalue weighted by molar-refractivity contribution is -0.127. The van der Waals surface area contributed by atoms with Crippen LogP contribution in [0.15, 0.2) is 36.4 Å². The molecule has 2 atom stereocenters. The summed E-state index contributed by atoms with van der Waals surface area (Å²) in [6, 6.07) is 9.28. The lowest BCUT2D eigenvalue weighted by atomic mass is 10.1. The predicted molar refractivity (Wildman–Crippen MR) is 94.8 cm³/mol. The highest BCUT2D eigenvalue weighted by atomic mass is 19.1. The Balaban J connectivity index is 1.85. The number of aryl methyl sites for hydroxylation is 1. The Labute approximate surface area is 150 Å². The lowest BCUT2D eigenvalue weighted by Gasteiger charge is -2.30. The van der Waals surface area contributed by atoms with Crippen LogP contribution in [0.3, 0.4) is 0 Å². The van der Waals surface area contributed by atoms with Gasteiger partial charge in [0, 0.05) is 11.8 Å². The fourth-order valence-electron chi connectivity index (χ4n) is 2.95. The largest absolute Gasteiger partial charge is 0.504 e. The first-order chi connectivity index (χ1) is 12.4. The van der Waals surface area contributed by atoms with Crippen molar-refractivity contribution in [1.82, 2.24) is 0 Å². The number of hydrogen-bond donors (Lipinski definition) is 2. The minimum Gasteiger partial charge on any atom is -0.504 e. The van der Waals surface area contributed by atoms with E-state index in [2.05, 4.69) is 0 Å². The zero-order chi connectivity index (χ0) is 18.9. The molecule has 26 heavy (non-hydrogen) atoms. The highest BCUT2D eigenvalue weighted by Gasteiger charge is 2.42. The number of phenolic OH excluding ortho intramolecular Hbond substituents is 1. The molecule has 0 amide bonds. The Bertz CT molecular complexity index is 829. The molecule has 0 radical (unpaired) electrons. The van der Waals surface area contributed by atoms with Crippen LogP contribution in [-0.2, 0) is 16.0 Å². The van der Waals surface area contributed by atoms with Gasteiger partial charge in [-0.1, -0.05) is 13.0 Å². The molecule has 0 bridgehead atoms. The van der Waals surface area contributed by atoms with Crippen LogP contribution in [0.4, 0.5) is 10.1 Å². The van der Waals surface area contributed by atoms with E-state index in [0.29, 0.717) is 12.0 Å². The van der Waals surface area contributed by atoms with Crippen molar-refractivity contribution in [2.45, 2.75) is 32.2 Å². The molecule has 0 spiro atoms. The number of aldehydes is 1. The van der Waals surface area contributed by atoms with Gasteiger partial charge in [0.25, 0.3) is 0 Å². The van der Waals surface area contributed by atoms with E-state index >= 15 is 0 Å². The SMILES string of the molecule is CCc1ccc(Oc2ccc(N3CC(N)OC3(C)C=O)cc2F)c(O)c1. The first-order valence-corrected chi connectivity index (χ1v) is 8.33. The number of ether oxygens (including phenoxy) is 2. The fraction of sp³-hybridized carbons (Fsp3) is 0.316. The first-order valence-electron chi connectivity index (χ1n) is 8.33. The number of nitrogens with two attached hydrogens (primary N) is 1. The summed E-state index contributed by atoms with van der Waals surface area (Å²) in [7, 11) is 0. The van der Waals surface area contributed by atoms with Crippen LogP contribution in [0, 0.1) is 5.82 Å². The van der Waals surface area contributed by atoms with Gasteiger partial charge in [-0.25, -0.2) is 4.39 Å². The Kier molecular flexibility index (Phi) is 4.84. The zero-order valence-electron chi connectivity index (χ0n) is 14.6. The van der Waals surface area contributed by atoms with Crippen molar-refractivity contribution in [3.63, 3.8) is 0 Å². The number of aromatic hydroxyl groups is 1. The van der Waals surface area contributed by atoms with Crippen molar-refractivity contribution in [2.75, 3.05) is 11.4 Å². The second-order valence-corrected chi connectivity index (χ2v) is 6.31. The van der Waals surface area contributed by atoms with E-state index in [4.69, 9.17) is 15.2 Å². The van der Waals surface area contributed by atoms with Crippen LogP contribution in [-0.4, -0.2) is 29.9 Å². The molecule has 3 rings (SSSR count). The van der Waals surface area contributed by atoms with Gasteiger partial charge < -0.3 is 25.2 Å². The second-order valence-electron chi connectivity index (χ2n) is 6.31. The summed E-state index contributed by atoms with van der Waals surface area (Å²) < 4.78 is 25.4. The van der Waals surface area contributed by atoms with Gasteiger partial charge in [-0.2, -0.15) is 0 Å². The summed E-state index contributed by atoms with van der Waals surface area (Å²) in [4.78, 5) is 13.0. The zero-order valence-corrected chi connectivity index (χ0v) is 14.6. The molecule has 0 aliphatic carbocycles. The standard InChI is InChI=1S/C19H21FN2O4/c1-3-12-4-6-17(15(24)8-12)25-16-7-5-13(9-14(16)20)22-10-18(21)26-19(22,2)11-23/h4-9,11,18,24H,3,10,21H2,1-2H3. The number of carbonyl (C=O) groups is 1. The molecule has 6 nitrogen and oxygen atoms in total. The maximum absolute atomic E-state index is 14.5. The minimum absolute atomic E-state index is 0.0366. The maximum Gasteiger partial charge on any atom is 0.196 e. The predicted octanol–water partition coefficient (Wildman–Crippen LogP) is 2.92. The number of anilines is 1. The van der Waals surface area contributed by atoms with Gasteiger partial charge in [0.05, 0.1) is 6.54 Å². The summed E-state index contributed by atoms with van der Waals surface area (Å²) in [5, 5.41) is 10.0. The molecule has 2 unspecified atom stereocenters. The maximum atomic E-state index is 14.5. The first kappa shape index (κ1) is 18.2. The third-order valence-electron chi connectivity index (χ3n) is 4.39. The number of nitrogens with zero attached hydrogens (tertiary/aromatic N) is 1. The fourth-order valence-corrected chi connectivity index (χ4v) is 2.95. The van der Waals surface area contributed by atoms with Crippen LogP contribution >= 0.6 is 0 Å². The highest BCUT2D eigenvalue weighted by molar-refractivity contribution is 5.71. The summed E-state index contributed by atoms with van der Waals surface area (Å²) in [6.07, 6.45) is 0.764. The third-order valence-corrected chi connectivity index (χ3v) is 4.39. The molecule has 7 heteroatoms. The van der Waals surface area contributed by atoms with Crippen molar-refractivity contribution >= 4 is 12.0 Å². The van der Waals surface area contributed by atoms with E-state index in [1.54, 1.807) is 36.1 Å². The van der Waals surface area contributed by atoms with Crippen molar-refractivity contribution in [2.24, 2.45) is 5.73 Å². The van der Waals surface area contributed by atoms with Crippen molar-refractivity contribution < 1.29 is 23.8 Å². The summed E-state index contributed by atoms with van der Waals surface area (Å²) in [6.45, 7) is 3.80. The molecule has 1 heterocycles. The average molecular weight is 360 g/mol. The molecule has 0 aromatic heterocycles. The van der Waals surface area contributed by atoms with Crippen molar-refractivity contribution in [3.8, 4) is 17.2 Å². The number of rotatable bonds is 5. The van der Waals surface area contributed by atoms with Gasteiger partial charge >= 0.3 is 0 Å². The van der Waals surface area contributed by atoms with Crippen molar-refractivity contribution in [1.29, 1.82) is 0 Å². The highest BCUT2D eigenvalue weighted by Crippen LogP contribution is 2.36. The van der Waals surface area contributed by atoms with E-state index in [-0.39, 0.29) is 23.8 Å². The second kappa shape index (κ2) is 6.93. The number of carbonyl (C=O) groups excluding carboxylic acids is 1. The molecule has 2 aromatic carbocycles. The molecular weight excluding hydrogens is 339 g/mol. The van der Waals surface area contributed by atoms with Gasteiger partial charge in [0.2, 0.25) is 0 Å². The van der Waals surface area contributed by atoms with E-state index in [9.17, 15) is 14.3 Å². The Morgan fingerprint density at radius 1 is 1.38 bits per heavy atom. The van der Waals surface area contributed by atoms with Gasteiger partial charge in [0.15, 0.2) is 35.1 Å². The third kappa shape index (κ3) is 3.36. The molecule has 1 aliphatic rings. The van der Waals surface area contributed by atoms with Crippen LogP contribution in [0.2, 0.25) is 0 Å². The van der Waals surface area contributed by atoms with E-state index < -0.39 is 17.8 Å². The average Bonchev–Trinajstić information content (AvgIpc) is 2.93. The number of benzene rings is 2. The molecule has 138 valence electrons. The Morgan fingerprint density at radius 3 is 2.73 bits per heavy atom. The molecule has 0 saturated carbocycles. The monoisotopic (exact) mass is 360 g/mol. The molecule has 3 N–H and O–H groups in total. The summed E-state index contributed by atoms with van der Waals surface area (Å²) in [5.74, 6) is -0.556. The Hall–Kier alpha value is -2.64. The smallest absolute Gasteiger partial charge is 0.196 e. The molecule has 1 fully saturated rings. The molecular formula is C19H21FN2O4. The van der Waals surface area contributed by atoms with Gasteiger partial charge in [-0.05, 0) is 43.2 Å². The topological polar surface area (TPSA) is 85.0 Å². The molecule has 1 saturated heterocycles. The van der Waals surface area contributed by atoms with Gasteiger partial charge in [-0.15, -0.1) is 0 Å². The number of hydrogen-bond acceptors (Lipinski definition) is 6. The summed E-state index contributed by atoms with van der Waals surface area (Å²) >= 11 is 0. The van der Waals surface area contributed by atoms with E-state index in [1.807, 2.05) is 6.92 Å². The quantitative estimate of drug-likeness (QED) is 0.798. The molecule has 2 aromatic rings. The van der Waals surface area contributed by atoms with Crippen LogP contribution in [0.5, 0.6) is 17.2 Å². The number of phenols is 1. The van der Waals surface area contributed by atoms with Crippen LogP contribution in [0.25, 0.3) is 0 Å². The summed E-state index contributed by atoms with van der Waals surface area (Å²) in [5.41, 5.74) is 5.90. The van der Waals surface area contributed by atoms with E-state index in [1.165, 1.54) is 12.1 Å². The Morgan fingerprint density at radius 2 is 2.12 bits per heavy atom. The lowest BCUT2D eigenvalue weighted by Crippen LogP contribution is -2.43. The van der Waals surface area contributed by atoms with Crippen molar-refractivity contribution in [3.05, 3.63) is 47.8 Å². The van der Waals surface area contributed by atoms with E-state index in [0.717, 1.165) is 12.0 Å². The normalized spacial score (nSPS) is 22.5. The molecule has 1 aliphatic heterocycles. The minimum atomic E-state index is -1.25. The van der Waals surface area contributed by atoms with Gasteiger partial charge in [-0.3, -0.25) is 4.79 Å². The van der Waals surface area contributed by atoms with Gasteiger partial charge in [0.1, 0.15) is 6.23 Å². The van der Waals surface area contributed by atoms with Crippen LogP contribution in [0.1, 0.15) is 19.4 Å².